The third-order valence-corrected chi connectivity index (χ3v) is 7.40. The average molecular weight is 454 g/mol. The lowest BCUT2D eigenvalue weighted by Crippen LogP contribution is -2.58. The van der Waals surface area contributed by atoms with Crippen LogP contribution < -0.4 is 10.6 Å². The Morgan fingerprint density at radius 3 is 2.14 bits per heavy atom. The van der Waals surface area contributed by atoms with Crippen LogP contribution in [0.2, 0.25) is 0 Å². The van der Waals surface area contributed by atoms with Gasteiger partial charge in [-0.2, -0.15) is 0 Å². The van der Waals surface area contributed by atoms with Crippen LogP contribution in [-0.4, -0.2) is 64.0 Å². The molecule has 1 aromatic carbocycles. The summed E-state index contributed by atoms with van der Waals surface area (Å²) < 4.78 is 23.4. The topological polar surface area (TPSA) is 78.5 Å². The number of rotatable bonds is 7. The van der Waals surface area contributed by atoms with Crippen LogP contribution in [0.15, 0.2) is 24.3 Å². The molecule has 2 N–H and O–H groups in total. The molecular weight excluding hydrogens is 421 g/mol. The molecule has 0 aromatic heterocycles. The van der Waals surface area contributed by atoms with Crippen molar-refractivity contribution in [2.24, 2.45) is 0 Å². The van der Waals surface area contributed by atoms with Gasteiger partial charge in [-0.3, -0.25) is 4.79 Å². The Morgan fingerprint density at radius 2 is 1.71 bits per heavy atom. The van der Waals surface area contributed by atoms with Crippen LogP contribution in [0.4, 0.5) is 0 Å². The molecule has 1 amide bonds. The molecule has 1 atom stereocenters. The highest BCUT2D eigenvalue weighted by Gasteiger charge is 2.48. The van der Waals surface area contributed by atoms with Crippen LogP contribution in [-0.2, 0) is 21.1 Å². The minimum absolute atomic E-state index is 0. The monoisotopic (exact) mass is 453 g/mol. The maximum absolute atomic E-state index is 12.9. The minimum atomic E-state index is -3.49. The number of halogens is 2. The third kappa shape index (κ3) is 6.07. The van der Waals surface area contributed by atoms with Gasteiger partial charge in [0.1, 0.15) is 0 Å². The van der Waals surface area contributed by atoms with E-state index in [1.54, 1.807) is 0 Å². The fourth-order valence-corrected chi connectivity index (χ4v) is 4.88. The second kappa shape index (κ2) is 11.4. The van der Waals surface area contributed by atoms with Crippen LogP contribution in [0.5, 0.6) is 0 Å². The Labute approximate surface area is 181 Å². The van der Waals surface area contributed by atoms with E-state index in [1.807, 2.05) is 19.0 Å². The number of sulfone groups is 1. The summed E-state index contributed by atoms with van der Waals surface area (Å²) in [5.74, 6) is -0.376. The Bertz CT molecular complexity index is 718. The van der Waals surface area contributed by atoms with Crippen molar-refractivity contribution in [3.8, 4) is 0 Å². The molecule has 0 aliphatic carbocycles. The molecule has 1 aliphatic rings. The molecule has 6 nitrogen and oxygen atoms in total. The Kier molecular flexibility index (Phi) is 11.0. The quantitative estimate of drug-likeness (QED) is 0.659. The summed E-state index contributed by atoms with van der Waals surface area (Å²) in [6.45, 7) is 3.57. The number of carbonyl (C=O) groups excluding carboxylic acids is 1. The van der Waals surface area contributed by atoms with E-state index in [1.165, 1.54) is 11.8 Å². The molecule has 1 saturated heterocycles. The molecule has 1 aromatic rings. The van der Waals surface area contributed by atoms with Gasteiger partial charge in [0, 0.05) is 12.8 Å². The normalized spacial score (nSPS) is 17.2. The highest BCUT2D eigenvalue weighted by atomic mass is 35.5. The molecule has 1 aliphatic heterocycles. The van der Waals surface area contributed by atoms with Gasteiger partial charge in [0.05, 0.1) is 6.04 Å². The van der Waals surface area contributed by atoms with Crippen molar-refractivity contribution in [2.75, 3.05) is 40.0 Å². The number of benzene rings is 1. The van der Waals surface area contributed by atoms with Crippen molar-refractivity contribution in [3.05, 3.63) is 35.4 Å². The zero-order valence-electron chi connectivity index (χ0n) is 17.0. The van der Waals surface area contributed by atoms with Gasteiger partial charge in [-0.1, -0.05) is 31.2 Å². The average Bonchev–Trinajstić information content (AvgIpc) is 2.61. The van der Waals surface area contributed by atoms with E-state index < -0.39 is 14.6 Å². The molecular formula is C19H33Cl2N3O3S. The van der Waals surface area contributed by atoms with Gasteiger partial charge in [0.15, 0.2) is 14.6 Å². The van der Waals surface area contributed by atoms with E-state index in [-0.39, 0.29) is 36.8 Å². The van der Waals surface area contributed by atoms with Crippen LogP contribution in [0.1, 0.15) is 36.9 Å². The van der Waals surface area contributed by atoms with Gasteiger partial charge in [0.25, 0.3) is 0 Å². The predicted octanol–water partition coefficient (Wildman–Crippen LogP) is 1.98. The number of amides is 1. The van der Waals surface area contributed by atoms with Crippen LogP contribution in [0.25, 0.3) is 0 Å². The van der Waals surface area contributed by atoms with E-state index in [0.29, 0.717) is 32.5 Å². The van der Waals surface area contributed by atoms with E-state index in [4.69, 9.17) is 0 Å². The molecule has 28 heavy (non-hydrogen) atoms. The van der Waals surface area contributed by atoms with Crippen molar-refractivity contribution in [1.82, 2.24) is 15.5 Å². The largest absolute Gasteiger partial charge is 0.353 e. The predicted molar refractivity (Wildman–Crippen MR) is 119 cm³/mol. The van der Waals surface area contributed by atoms with Crippen molar-refractivity contribution in [3.63, 3.8) is 0 Å². The van der Waals surface area contributed by atoms with Gasteiger partial charge < -0.3 is 15.5 Å². The summed E-state index contributed by atoms with van der Waals surface area (Å²) in [6.07, 6.45) is 2.78. The first-order valence-corrected chi connectivity index (χ1v) is 11.0. The number of aryl methyl sites for hydroxylation is 1. The molecule has 2 rings (SSSR count). The van der Waals surface area contributed by atoms with Crippen molar-refractivity contribution >= 4 is 40.6 Å². The first-order valence-electron chi connectivity index (χ1n) is 9.15. The molecule has 0 saturated carbocycles. The lowest BCUT2D eigenvalue weighted by atomic mass is 9.95. The number of carbonyl (C=O) groups is 1. The van der Waals surface area contributed by atoms with E-state index in [2.05, 4.69) is 41.8 Å². The van der Waals surface area contributed by atoms with Gasteiger partial charge in [-0.05, 0) is 57.6 Å². The summed E-state index contributed by atoms with van der Waals surface area (Å²) in [7, 11) is 0.425. The lowest BCUT2D eigenvalue weighted by molar-refractivity contribution is -0.124. The van der Waals surface area contributed by atoms with Crippen LogP contribution in [0, 0.1) is 0 Å². The van der Waals surface area contributed by atoms with E-state index >= 15 is 0 Å². The molecule has 162 valence electrons. The molecule has 0 radical (unpaired) electrons. The smallest absolute Gasteiger partial charge is 0.241 e. The number of likely N-dealkylation sites (N-methyl/N-ethyl adjacent to an activating group) is 1. The van der Waals surface area contributed by atoms with Crippen molar-refractivity contribution in [1.29, 1.82) is 0 Å². The molecule has 0 spiro atoms. The maximum Gasteiger partial charge on any atom is 0.241 e. The van der Waals surface area contributed by atoms with Gasteiger partial charge in [-0.25, -0.2) is 8.42 Å². The molecule has 1 fully saturated rings. The van der Waals surface area contributed by atoms with Gasteiger partial charge in [0.2, 0.25) is 5.91 Å². The summed E-state index contributed by atoms with van der Waals surface area (Å²) in [5.41, 5.74) is 2.37. The first-order chi connectivity index (χ1) is 12.2. The SMILES string of the molecule is CCc1ccc(C(CNC(=O)C2(S(C)(=O)=O)CCNCC2)N(C)C)cc1.Cl.Cl. The fourth-order valence-electron chi connectivity index (χ4n) is 3.52. The Morgan fingerprint density at radius 1 is 1.18 bits per heavy atom. The molecule has 1 unspecified atom stereocenters. The fraction of sp³-hybridized carbons (Fsp3) is 0.632. The number of hydrogen-bond acceptors (Lipinski definition) is 5. The first kappa shape index (κ1) is 27.1. The Hall–Kier alpha value is -0.860. The van der Waals surface area contributed by atoms with Gasteiger partial charge >= 0.3 is 0 Å². The van der Waals surface area contributed by atoms with Crippen molar-refractivity contribution in [2.45, 2.75) is 37.0 Å². The van der Waals surface area contributed by atoms with Crippen LogP contribution in [0.3, 0.4) is 0 Å². The molecule has 0 bridgehead atoms. The lowest BCUT2D eigenvalue weighted by Gasteiger charge is -2.35. The van der Waals surface area contributed by atoms with Gasteiger partial charge in [-0.15, -0.1) is 24.8 Å². The van der Waals surface area contributed by atoms with E-state index in [0.717, 1.165) is 12.0 Å². The maximum atomic E-state index is 12.9. The minimum Gasteiger partial charge on any atom is -0.353 e. The highest BCUT2D eigenvalue weighted by Crippen LogP contribution is 2.28. The second-order valence-electron chi connectivity index (χ2n) is 7.30. The summed E-state index contributed by atoms with van der Waals surface area (Å²) in [6, 6.07) is 8.33. The van der Waals surface area contributed by atoms with Crippen LogP contribution >= 0.6 is 24.8 Å². The summed E-state index contributed by atoms with van der Waals surface area (Å²) in [5, 5.41) is 6.05. The number of hydrogen-bond donors (Lipinski definition) is 2. The van der Waals surface area contributed by atoms with Crippen molar-refractivity contribution < 1.29 is 13.2 Å². The summed E-state index contributed by atoms with van der Waals surface area (Å²) >= 11 is 0. The summed E-state index contributed by atoms with van der Waals surface area (Å²) in [4.78, 5) is 14.9. The highest BCUT2D eigenvalue weighted by molar-refractivity contribution is 7.92. The standard InChI is InChI=1S/C19H31N3O3S.2ClH/c1-5-15-6-8-16(9-7-15)17(22(2)3)14-21-18(23)19(26(4,24)25)10-12-20-13-11-19;;/h6-9,17,20H,5,10-14H2,1-4H3,(H,21,23);2*1H. The Balaban J connectivity index is 0.00000364. The zero-order chi connectivity index (χ0) is 19.4. The molecule has 9 heteroatoms. The number of nitrogens with zero attached hydrogens (tertiary/aromatic N) is 1. The molecule has 1 heterocycles. The zero-order valence-corrected chi connectivity index (χ0v) is 19.5. The number of piperidine rings is 1. The van der Waals surface area contributed by atoms with E-state index in [9.17, 15) is 13.2 Å². The second-order valence-corrected chi connectivity index (χ2v) is 9.63. The number of nitrogens with one attached hydrogen (secondary N) is 2. The third-order valence-electron chi connectivity index (χ3n) is 5.39.